The second-order valence-electron chi connectivity index (χ2n) is 5.26. The summed E-state index contributed by atoms with van der Waals surface area (Å²) in [7, 11) is 1.61. The number of para-hydroxylation sites is 2. The summed E-state index contributed by atoms with van der Waals surface area (Å²) < 4.78 is 10.8. The van der Waals surface area contributed by atoms with E-state index in [-0.39, 0.29) is 12.1 Å². The first-order valence-electron chi connectivity index (χ1n) is 7.23. The lowest BCUT2D eigenvalue weighted by atomic mass is 9.95. The summed E-state index contributed by atoms with van der Waals surface area (Å²) in [5, 5.41) is 13.4. The van der Waals surface area contributed by atoms with Crippen LogP contribution in [-0.2, 0) is 0 Å². The average Bonchev–Trinajstić information content (AvgIpc) is 2.50. The van der Waals surface area contributed by atoms with Crippen LogP contribution in [0.15, 0.2) is 24.3 Å². The first kappa shape index (κ1) is 16.8. The normalized spacial score (nSPS) is 13.1. The quantitative estimate of drug-likeness (QED) is 0.730. The molecule has 0 saturated heterocycles. The molecule has 114 valence electrons. The standard InChI is InChI=1S/C16H27NO3/c1-5-16(3,6-2)17-11-13(18)12-20-15-10-8-7-9-14(15)19-4/h7-10,13,17-18H,5-6,11-12H2,1-4H3. The molecule has 4 heteroatoms. The molecule has 20 heavy (non-hydrogen) atoms. The van der Waals surface area contributed by atoms with Crippen LogP contribution < -0.4 is 14.8 Å². The van der Waals surface area contributed by atoms with Gasteiger partial charge in [0.25, 0.3) is 0 Å². The Bertz CT molecular complexity index is 391. The van der Waals surface area contributed by atoms with Crippen molar-refractivity contribution < 1.29 is 14.6 Å². The van der Waals surface area contributed by atoms with Crippen LogP contribution in [0, 0.1) is 0 Å². The number of hydrogen-bond acceptors (Lipinski definition) is 4. The van der Waals surface area contributed by atoms with E-state index in [2.05, 4.69) is 26.1 Å². The number of nitrogens with one attached hydrogen (secondary N) is 1. The van der Waals surface area contributed by atoms with Crippen molar-refractivity contribution in [3.63, 3.8) is 0 Å². The fourth-order valence-electron chi connectivity index (χ4n) is 1.85. The zero-order valence-corrected chi connectivity index (χ0v) is 13.0. The predicted octanol–water partition coefficient (Wildman–Crippen LogP) is 2.60. The van der Waals surface area contributed by atoms with Crippen LogP contribution in [0.25, 0.3) is 0 Å². The Balaban J connectivity index is 2.42. The highest BCUT2D eigenvalue weighted by molar-refractivity contribution is 5.39. The molecule has 0 saturated carbocycles. The molecule has 1 atom stereocenters. The molecule has 0 heterocycles. The molecule has 0 aliphatic carbocycles. The van der Waals surface area contributed by atoms with E-state index in [1.807, 2.05) is 24.3 Å². The first-order chi connectivity index (χ1) is 9.54. The molecular weight excluding hydrogens is 254 g/mol. The third kappa shape index (κ3) is 5.02. The highest BCUT2D eigenvalue weighted by Gasteiger charge is 2.20. The number of aliphatic hydroxyl groups is 1. The number of rotatable bonds is 9. The Hall–Kier alpha value is -1.26. The van der Waals surface area contributed by atoms with Crippen LogP contribution in [0.5, 0.6) is 11.5 Å². The van der Waals surface area contributed by atoms with E-state index in [0.717, 1.165) is 12.8 Å². The lowest BCUT2D eigenvalue weighted by Crippen LogP contribution is -2.46. The van der Waals surface area contributed by atoms with Gasteiger partial charge in [0, 0.05) is 12.1 Å². The van der Waals surface area contributed by atoms with Gasteiger partial charge in [-0.15, -0.1) is 0 Å². The summed E-state index contributed by atoms with van der Waals surface area (Å²) in [6.45, 7) is 7.23. The van der Waals surface area contributed by atoms with Crippen LogP contribution in [0.3, 0.4) is 0 Å². The lowest BCUT2D eigenvalue weighted by Gasteiger charge is -2.29. The zero-order valence-electron chi connectivity index (χ0n) is 13.0. The number of benzene rings is 1. The molecule has 0 aliphatic heterocycles. The third-order valence-corrected chi connectivity index (χ3v) is 3.83. The molecule has 0 amide bonds. The van der Waals surface area contributed by atoms with E-state index in [1.165, 1.54) is 0 Å². The van der Waals surface area contributed by atoms with Crippen molar-refractivity contribution in [1.82, 2.24) is 5.32 Å². The first-order valence-corrected chi connectivity index (χ1v) is 7.23. The van der Waals surface area contributed by atoms with Gasteiger partial charge in [0.1, 0.15) is 12.7 Å². The fourth-order valence-corrected chi connectivity index (χ4v) is 1.85. The van der Waals surface area contributed by atoms with E-state index in [1.54, 1.807) is 7.11 Å². The van der Waals surface area contributed by atoms with Crippen LogP contribution in [0.4, 0.5) is 0 Å². The number of ether oxygens (including phenoxy) is 2. The van der Waals surface area contributed by atoms with Gasteiger partial charge in [-0.3, -0.25) is 0 Å². The second-order valence-corrected chi connectivity index (χ2v) is 5.26. The molecule has 4 nitrogen and oxygen atoms in total. The van der Waals surface area contributed by atoms with E-state index in [4.69, 9.17) is 9.47 Å². The SMILES string of the molecule is CCC(C)(CC)NCC(O)COc1ccccc1OC. The third-order valence-electron chi connectivity index (χ3n) is 3.83. The molecular formula is C16H27NO3. The van der Waals surface area contributed by atoms with Crippen molar-refractivity contribution in [3.8, 4) is 11.5 Å². The molecule has 0 radical (unpaired) electrons. The smallest absolute Gasteiger partial charge is 0.161 e. The van der Waals surface area contributed by atoms with Gasteiger partial charge < -0.3 is 19.9 Å². The minimum Gasteiger partial charge on any atom is -0.493 e. The molecule has 1 rings (SSSR count). The summed E-state index contributed by atoms with van der Waals surface area (Å²) >= 11 is 0. The van der Waals surface area contributed by atoms with Gasteiger partial charge in [0.05, 0.1) is 7.11 Å². The number of β-amino-alcohol motifs (C(OH)–C–C–N with tert-alkyl or cyclic N) is 1. The van der Waals surface area contributed by atoms with Crippen molar-refractivity contribution in [3.05, 3.63) is 24.3 Å². The molecule has 0 aromatic heterocycles. The minimum absolute atomic E-state index is 0.0748. The van der Waals surface area contributed by atoms with Crippen molar-refractivity contribution in [2.45, 2.75) is 45.3 Å². The molecule has 1 unspecified atom stereocenters. The van der Waals surface area contributed by atoms with Gasteiger partial charge in [0.2, 0.25) is 0 Å². The van der Waals surface area contributed by atoms with Gasteiger partial charge in [0.15, 0.2) is 11.5 Å². The summed E-state index contributed by atoms with van der Waals surface area (Å²) in [6, 6.07) is 7.44. The van der Waals surface area contributed by atoms with Gasteiger partial charge in [-0.25, -0.2) is 0 Å². The fraction of sp³-hybridized carbons (Fsp3) is 0.625. The van der Waals surface area contributed by atoms with Crippen LogP contribution in [-0.4, -0.2) is 37.0 Å². The summed E-state index contributed by atoms with van der Waals surface area (Å²) in [4.78, 5) is 0. The van der Waals surface area contributed by atoms with Gasteiger partial charge in [-0.2, -0.15) is 0 Å². The Morgan fingerprint density at radius 3 is 2.35 bits per heavy atom. The molecule has 2 N–H and O–H groups in total. The van der Waals surface area contributed by atoms with Crippen LogP contribution in [0.1, 0.15) is 33.6 Å². The monoisotopic (exact) mass is 281 g/mol. The number of methoxy groups -OCH3 is 1. The largest absolute Gasteiger partial charge is 0.493 e. The Labute approximate surface area is 122 Å². The van der Waals surface area contributed by atoms with Crippen LogP contribution >= 0.6 is 0 Å². The maximum atomic E-state index is 10.0. The van der Waals surface area contributed by atoms with Gasteiger partial charge in [-0.1, -0.05) is 26.0 Å². The Kier molecular flexibility index (Phi) is 6.82. The molecule has 0 bridgehead atoms. The molecule has 1 aromatic carbocycles. The highest BCUT2D eigenvalue weighted by atomic mass is 16.5. The topological polar surface area (TPSA) is 50.7 Å². The molecule has 0 aliphatic rings. The summed E-state index contributed by atoms with van der Waals surface area (Å²) in [6.07, 6.45) is 1.52. The highest BCUT2D eigenvalue weighted by Crippen LogP contribution is 2.25. The van der Waals surface area contributed by atoms with E-state index < -0.39 is 6.10 Å². The van der Waals surface area contributed by atoms with Gasteiger partial charge >= 0.3 is 0 Å². The van der Waals surface area contributed by atoms with Crippen molar-refractivity contribution in [1.29, 1.82) is 0 Å². The van der Waals surface area contributed by atoms with Crippen LogP contribution in [0.2, 0.25) is 0 Å². The number of aliphatic hydroxyl groups excluding tert-OH is 1. The van der Waals surface area contributed by atoms with Crippen molar-refractivity contribution in [2.75, 3.05) is 20.3 Å². The summed E-state index contributed by atoms with van der Waals surface area (Å²) in [5.41, 5.74) is 0.0748. The average molecular weight is 281 g/mol. The second kappa shape index (κ2) is 8.12. The van der Waals surface area contributed by atoms with E-state index >= 15 is 0 Å². The maximum Gasteiger partial charge on any atom is 0.161 e. The minimum atomic E-state index is -0.544. The van der Waals surface area contributed by atoms with E-state index in [9.17, 15) is 5.11 Å². The molecule has 1 aromatic rings. The number of hydrogen-bond donors (Lipinski definition) is 2. The molecule has 0 spiro atoms. The Morgan fingerprint density at radius 1 is 1.20 bits per heavy atom. The van der Waals surface area contributed by atoms with E-state index in [0.29, 0.717) is 18.0 Å². The maximum absolute atomic E-state index is 10.0. The molecule has 0 fully saturated rings. The zero-order chi connectivity index (χ0) is 15.0. The van der Waals surface area contributed by atoms with Crippen molar-refractivity contribution in [2.24, 2.45) is 0 Å². The Morgan fingerprint density at radius 2 is 1.80 bits per heavy atom. The lowest BCUT2D eigenvalue weighted by molar-refractivity contribution is 0.0952. The predicted molar refractivity (Wildman–Crippen MR) is 81.5 cm³/mol. The van der Waals surface area contributed by atoms with Gasteiger partial charge in [-0.05, 0) is 31.9 Å². The van der Waals surface area contributed by atoms with Crippen molar-refractivity contribution >= 4 is 0 Å². The summed E-state index contributed by atoms with van der Waals surface area (Å²) in [5.74, 6) is 1.34.